The van der Waals surface area contributed by atoms with E-state index in [2.05, 4.69) is 15.5 Å². The second-order valence-corrected chi connectivity index (χ2v) is 8.20. The van der Waals surface area contributed by atoms with Gasteiger partial charge in [0.05, 0.1) is 6.04 Å². The summed E-state index contributed by atoms with van der Waals surface area (Å²) in [5.41, 5.74) is 2.29. The zero-order valence-corrected chi connectivity index (χ0v) is 19.1. The number of hydrogen-bond acceptors (Lipinski definition) is 4. The maximum Gasteiger partial charge on any atom is 0.323 e. The number of rotatable bonds is 6. The molecule has 0 aliphatic carbocycles. The van der Waals surface area contributed by atoms with E-state index >= 15 is 0 Å². The van der Waals surface area contributed by atoms with Crippen molar-refractivity contribution < 1.29 is 18.7 Å². The number of hydrogen-bond donors (Lipinski definition) is 2. The van der Waals surface area contributed by atoms with Crippen molar-refractivity contribution in [1.29, 1.82) is 0 Å². The van der Waals surface area contributed by atoms with Gasteiger partial charge in [0.25, 0.3) is 0 Å². The fraction of sp³-hybridized carbons (Fsp3) is 0.231. The Morgan fingerprint density at radius 2 is 1.59 bits per heavy atom. The van der Waals surface area contributed by atoms with Crippen LogP contribution in [0.5, 0.6) is 11.5 Å². The Hall–Kier alpha value is -4.07. The van der Waals surface area contributed by atoms with Crippen LogP contribution in [0.3, 0.4) is 0 Å². The van der Waals surface area contributed by atoms with Crippen LogP contribution in [0.4, 0.5) is 26.2 Å². The summed E-state index contributed by atoms with van der Waals surface area (Å²) in [6.45, 7) is 3.26. The lowest BCUT2D eigenvalue weighted by molar-refractivity contribution is -0.129. The molecule has 0 spiro atoms. The third-order valence-electron chi connectivity index (χ3n) is 5.87. The Labute approximate surface area is 198 Å². The van der Waals surface area contributed by atoms with Crippen LogP contribution < -0.4 is 20.3 Å². The summed E-state index contributed by atoms with van der Waals surface area (Å²) in [6, 6.07) is 20.3. The monoisotopic (exact) mass is 462 g/mol. The Morgan fingerprint density at radius 3 is 2.21 bits per heavy atom. The molecule has 1 aliphatic rings. The predicted octanol–water partition coefficient (Wildman–Crippen LogP) is 5.32. The molecule has 0 saturated carbocycles. The number of halogens is 1. The van der Waals surface area contributed by atoms with Crippen molar-refractivity contribution in [2.45, 2.75) is 19.4 Å². The second-order valence-electron chi connectivity index (χ2n) is 8.20. The normalized spacial score (nSPS) is 15.0. The Balaban J connectivity index is 1.29. The molecule has 0 bridgehead atoms. The zero-order chi connectivity index (χ0) is 24.1. The van der Waals surface area contributed by atoms with E-state index in [0.717, 1.165) is 25.2 Å². The van der Waals surface area contributed by atoms with Crippen molar-refractivity contribution in [3.05, 3.63) is 78.6 Å². The van der Waals surface area contributed by atoms with Gasteiger partial charge in [-0.15, -0.1) is 0 Å². The van der Waals surface area contributed by atoms with Gasteiger partial charge < -0.3 is 25.2 Å². The number of likely N-dealkylation sites (N-methyl/N-ethyl adjacent to an activating group) is 1. The number of nitrogens with one attached hydrogen (secondary N) is 2. The molecule has 1 atom stereocenters. The highest BCUT2D eigenvalue weighted by Gasteiger charge is 2.27. The number of carbonyl (C=O) groups is 2. The molecule has 3 amide bonds. The Bertz CT molecular complexity index is 1150. The lowest BCUT2D eigenvalue weighted by Crippen LogP contribution is -2.37. The van der Waals surface area contributed by atoms with E-state index in [9.17, 15) is 14.0 Å². The van der Waals surface area contributed by atoms with Crippen molar-refractivity contribution in [1.82, 2.24) is 4.90 Å². The number of urea groups is 1. The Morgan fingerprint density at radius 1 is 0.971 bits per heavy atom. The maximum absolute atomic E-state index is 13.7. The number of benzene rings is 3. The smallest absolute Gasteiger partial charge is 0.323 e. The molecular weight excluding hydrogens is 435 g/mol. The van der Waals surface area contributed by atoms with Crippen LogP contribution in [0, 0.1) is 5.82 Å². The third-order valence-corrected chi connectivity index (χ3v) is 5.87. The van der Waals surface area contributed by atoms with Crippen LogP contribution in [-0.4, -0.2) is 43.0 Å². The predicted molar refractivity (Wildman–Crippen MR) is 131 cm³/mol. The number of anilines is 3. The molecule has 176 valence electrons. The molecule has 4 rings (SSSR count). The summed E-state index contributed by atoms with van der Waals surface area (Å²) in [6.07, 6.45) is 0.933. The molecule has 8 heteroatoms. The first kappa shape index (κ1) is 23.1. The maximum atomic E-state index is 13.7. The fourth-order valence-corrected chi connectivity index (χ4v) is 3.86. The van der Waals surface area contributed by atoms with E-state index in [1.165, 1.54) is 6.07 Å². The summed E-state index contributed by atoms with van der Waals surface area (Å²) >= 11 is 0. The summed E-state index contributed by atoms with van der Waals surface area (Å²) in [4.78, 5) is 28.0. The molecule has 1 heterocycles. The van der Waals surface area contributed by atoms with E-state index in [1.807, 2.05) is 31.3 Å². The minimum absolute atomic E-state index is 0.0738. The van der Waals surface area contributed by atoms with E-state index < -0.39 is 5.82 Å². The first-order chi connectivity index (χ1) is 16.4. The highest BCUT2D eigenvalue weighted by molar-refractivity contribution is 5.99. The minimum Gasteiger partial charge on any atom is -0.454 e. The average Bonchev–Trinajstić information content (AvgIpc) is 3.32. The van der Waals surface area contributed by atoms with Crippen LogP contribution in [0.25, 0.3) is 0 Å². The van der Waals surface area contributed by atoms with Gasteiger partial charge in [0, 0.05) is 44.1 Å². The van der Waals surface area contributed by atoms with Crippen LogP contribution in [0.2, 0.25) is 0 Å². The molecule has 1 fully saturated rings. The van der Waals surface area contributed by atoms with Crippen molar-refractivity contribution in [3.63, 3.8) is 0 Å². The van der Waals surface area contributed by atoms with Crippen molar-refractivity contribution in [3.8, 4) is 11.5 Å². The highest BCUT2D eigenvalue weighted by atomic mass is 19.1. The number of carbonyl (C=O) groups excluding carboxylic acids is 2. The van der Waals surface area contributed by atoms with Gasteiger partial charge in [0.1, 0.15) is 5.75 Å². The molecule has 7 nitrogen and oxygen atoms in total. The Kier molecular flexibility index (Phi) is 6.96. The highest BCUT2D eigenvalue weighted by Crippen LogP contribution is 2.26. The summed E-state index contributed by atoms with van der Waals surface area (Å²) in [5, 5.41) is 5.57. The van der Waals surface area contributed by atoms with Crippen molar-refractivity contribution in [2.24, 2.45) is 0 Å². The minimum atomic E-state index is -0.442. The lowest BCUT2D eigenvalue weighted by Gasteiger charge is -2.24. The summed E-state index contributed by atoms with van der Waals surface area (Å²) < 4.78 is 19.2. The molecular formula is C26H27FN4O3. The molecule has 3 aromatic rings. The van der Waals surface area contributed by atoms with Gasteiger partial charge in [-0.05, 0) is 67.1 Å². The lowest BCUT2D eigenvalue weighted by atomic mass is 10.2. The molecule has 2 N–H and O–H groups in total. The summed E-state index contributed by atoms with van der Waals surface area (Å²) in [5.74, 6) is 0.234. The van der Waals surface area contributed by atoms with E-state index in [1.54, 1.807) is 54.3 Å². The van der Waals surface area contributed by atoms with Gasteiger partial charge in [-0.2, -0.15) is 0 Å². The number of para-hydroxylation sites is 1. The van der Waals surface area contributed by atoms with Gasteiger partial charge in [0.15, 0.2) is 11.6 Å². The van der Waals surface area contributed by atoms with E-state index in [-0.39, 0.29) is 23.7 Å². The number of ether oxygens (including phenoxy) is 1. The van der Waals surface area contributed by atoms with Gasteiger partial charge in [-0.1, -0.05) is 12.1 Å². The first-order valence-electron chi connectivity index (χ1n) is 11.1. The molecule has 1 unspecified atom stereocenters. The van der Waals surface area contributed by atoms with Crippen molar-refractivity contribution >= 4 is 29.0 Å². The summed E-state index contributed by atoms with van der Waals surface area (Å²) in [7, 11) is 1.84. The van der Waals surface area contributed by atoms with Gasteiger partial charge >= 0.3 is 6.03 Å². The third kappa shape index (κ3) is 5.64. The number of nitrogens with zero attached hydrogens (tertiary/aromatic N) is 2. The van der Waals surface area contributed by atoms with E-state index in [4.69, 9.17) is 4.74 Å². The molecule has 1 saturated heterocycles. The van der Waals surface area contributed by atoms with Gasteiger partial charge in [-0.3, -0.25) is 4.79 Å². The molecule has 1 aliphatic heterocycles. The van der Waals surface area contributed by atoms with E-state index in [0.29, 0.717) is 17.1 Å². The topological polar surface area (TPSA) is 73.9 Å². The standard InChI is InChI=1S/C26H27FN4O3/c1-18(32)30(2)22-15-16-31(17-22)21-11-7-19(8-12-21)28-26(33)29-20-9-13-23(14-10-20)34-25-6-4-3-5-24(25)27/h3-14,22H,15-17H2,1-2H3,(H2,28,29,33). The van der Waals surface area contributed by atoms with Gasteiger partial charge in [-0.25, -0.2) is 9.18 Å². The first-order valence-corrected chi connectivity index (χ1v) is 11.1. The zero-order valence-electron chi connectivity index (χ0n) is 19.1. The van der Waals surface area contributed by atoms with Crippen molar-refractivity contribution in [2.75, 3.05) is 35.7 Å². The van der Waals surface area contributed by atoms with Crippen LogP contribution in [-0.2, 0) is 4.79 Å². The molecule has 0 radical (unpaired) electrons. The average molecular weight is 463 g/mol. The van der Waals surface area contributed by atoms with Crippen LogP contribution in [0.15, 0.2) is 72.8 Å². The van der Waals surface area contributed by atoms with Crippen LogP contribution >= 0.6 is 0 Å². The van der Waals surface area contributed by atoms with Crippen LogP contribution in [0.1, 0.15) is 13.3 Å². The quantitative estimate of drug-likeness (QED) is 0.520. The largest absolute Gasteiger partial charge is 0.454 e. The van der Waals surface area contributed by atoms with Gasteiger partial charge in [0.2, 0.25) is 5.91 Å². The second kappa shape index (κ2) is 10.2. The fourth-order valence-electron chi connectivity index (χ4n) is 3.86. The molecule has 0 aromatic heterocycles. The molecule has 34 heavy (non-hydrogen) atoms. The SMILES string of the molecule is CC(=O)N(C)C1CCN(c2ccc(NC(=O)Nc3ccc(Oc4ccccc4F)cc3)cc2)C1. The number of amides is 3. The molecule has 3 aromatic carbocycles.